The number of carbonyl (C=O) groups excluding carboxylic acids is 1. The fourth-order valence-electron chi connectivity index (χ4n) is 2.89. The van der Waals surface area contributed by atoms with E-state index in [1.54, 1.807) is 30.5 Å². The number of rotatable bonds is 4. The number of amides is 1. The molecule has 140 valence electrons. The Morgan fingerprint density at radius 3 is 2.64 bits per heavy atom. The molecule has 0 radical (unpaired) electrons. The lowest BCUT2D eigenvalue weighted by Gasteiger charge is -2.09. The number of nitrogens with one attached hydrogen (secondary N) is 2. The van der Waals surface area contributed by atoms with Crippen molar-refractivity contribution in [2.75, 3.05) is 11.6 Å². The Balaban J connectivity index is 1.60. The normalized spacial score (nSPS) is 12.1. The largest absolute Gasteiger partial charge is 0.338 e. The number of H-pyrrole nitrogens is 1. The lowest BCUT2D eigenvalue weighted by Crippen LogP contribution is -2.12. The molecule has 0 fully saturated rings. The molecule has 2 N–H and O–H groups in total. The van der Waals surface area contributed by atoms with E-state index in [4.69, 9.17) is 11.6 Å². The third-order valence-electron chi connectivity index (χ3n) is 4.30. The zero-order chi connectivity index (χ0) is 19.7. The molecule has 0 saturated carbocycles. The minimum atomic E-state index is -1.16. The van der Waals surface area contributed by atoms with Crippen LogP contribution in [0.5, 0.6) is 0 Å². The quantitative estimate of drug-likeness (QED) is 0.504. The standard InChI is InChI=1S/C21H16ClN3O2S/c1-28(27)15-9-10-16(17(22)12-15)21(26)23-14-6-4-5-13(11-14)20-24-18-7-2-3-8-19(18)25-20/h2-12H,1H3,(H,23,26)(H,24,25). The molecule has 28 heavy (non-hydrogen) atoms. The summed E-state index contributed by atoms with van der Waals surface area (Å²) in [6.07, 6.45) is 1.56. The number of nitrogens with zero attached hydrogens (tertiary/aromatic N) is 1. The average Bonchev–Trinajstić information content (AvgIpc) is 3.12. The van der Waals surface area contributed by atoms with Gasteiger partial charge in [0.2, 0.25) is 0 Å². The molecule has 0 aliphatic carbocycles. The van der Waals surface area contributed by atoms with Crippen molar-refractivity contribution in [3.8, 4) is 11.4 Å². The van der Waals surface area contributed by atoms with Gasteiger partial charge in [0.05, 0.1) is 21.6 Å². The van der Waals surface area contributed by atoms with E-state index >= 15 is 0 Å². The van der Waals surface area contributed by atoms with Crippen molar-refractivity contribution in [1.82, 2.24) is 9.97 Å². The molecule has 0 bridgehead atoms. The third-order valence-corrected chi connectivity index (χ3v) is 5.53. The fourth-order valence-corrected chi connectivity index (χ4v) is 3.77. The van der Waals surface area contributed by atoms with E-state index < -0.39 is 10.8 Å². The molecule has 4 rings (SSSR count). The van der Waals surface area contributed by atoms with Gasteiger partial charge in [-0.2, -0.15) is 0 Å². The van der Waals surface area contributed by atoms with E-state index in [1.165, 1.54) is 0 Å². The Morgan fingerprint density at radius 1 is 1.07 bits per heavy atom. The van der Waals surface area contributed by atoms with Crippen LogP contribution in [0.2, 0.25) is 5.02 Å². The predicted octanol–water partition coefficient (Wildman–Crippen LogP) is 4.87. The number of fused-ring (bicyclic) bond motifs is 1. The van der Waals surface area contributed by atoms with Crippen molar-refractivity contribution in [1.29, 1.82) is 0 Å². The summed E-state index contributed by atoms with van der Waals surface area (Å²) in [5.74, 6) is 0.394. The second-order valence-electron chi connectivity index (χ2n) is 6.23. The maximum Gasteiger partial charge on any atom is 0.257 e. The van der Waals surface area contributed by atoms with Gasteiger partial charge in [-0.05, 0) is 42.5 Å². The summed E-state index contributed by atoms with van der Waals surface area (Å²) < 4.78 is 11.5. The van der Waals surface area contributed by atoms with Crippen LogP contribution in [-0.2, 0) is 10.8 Å². The van der Waals surface area contributed by atoms with Gasteiger partial charge < -0.3 is 10.3 Å². The number of para-hydroxylation sites is 2. The van der Waals surface area contributed by atoms with Crippen molar-refractivity contribution in [2.45, 2.75) is 4.90 Å². The highest BCUT2D eigenvalue weighted by atomic mass is 35.5. The van der Waals surface area contributed by atoms with E-state index in [0.29, 0.717) is 16.1 Å². The zero-order valence-electron chi connectivity index (χ0n) is 14.9. The lowest BCUT2D eigenvalue weighted by atomic mass is 10.1. The lowest BCUT2D eigenvalue weighted by molar-refractivity contribution is 0.102. The van der Waals surface area contributed by atoms with Gasteiger partial charge >= 0.3 is 0 Å². The van der Waals surface area contributed by atoms with Gasteiger partial charge in [0, 0.05) is 33.2 Å². The number of aromatic amines is 1. The SMILES string of the molecule is CS(=O)c1ccc(C(=O)Nc2cccc(-c3nc4ccccc4[nH]3)c2)c(Cl)c1. The van der Waals surface area contributed by atoms with Crippen molar-refractivity contribution >= 4 is 45.0 Å². The summed E-state index contributed by atoms with van der Waals surface area (Å²) in [5.41, 5.74) is 3.64. The van der Waals surface area contributed by atoms with Crippen molar-refractivity contribution < 1.29 is 9.00 Å². The first kappa shape index (κ1) is 18.4. The van der Waals surface area contributed by atoms with Gasteiger partial charge in [-0.25, -0.2) is 4.98 Å². The number of halogens is 1. The van der Waals surface area contributed by atoms with Gasteiger partial charge in [-0.3, -0.25) is 9.00 Å². The molecule has 0 aliphatic heterocycles. The smallest absolute Gasteiger partial charge is 0.257 e. The Hall–Kier alpha value is -2.96. The molecule has 1 heterocycles. The van der Waals surface area contributed by atoms with Crippen molar-refractivity contribution in [3.05, 3.63) is 77.3 Å². The molecule has 0 saturated heterocycles. The number of carbonyl (C=O) groups is 1. The first-order valence-corrected chi connectivity index (χ1v) is 10.4. The van der Waals surface area contributed by atoms with Crippen LogP contribution < -0.4 is 5.32 Å². The molecule has 1 atom stereocenters. The Morgan fingerprint density at radius 2 is 1.89 bits per heavy atom. The van der Waals surface area contributed by atoms with E-state index in [1.807, 2.05) is 42.5 Å². The van der Waals surface area contributed by atoms with E-state index in [9.17, 15) is 9.00 Å². The summed E-state index contributed by atoms with van der Waals surface area (Å²) in [7, 11) is -1.16. The summed E-state index contributed by atoms with van der Waals surface area (Å²) in [6, 6.07) is 20.0. The fraction of sp³-hybridized carbons (Fsp3) is 0.0476. The number of benzene rings is 3. The number of aromatic nitrogens is 2. The number of anilines is 1. The monoisotopic (exact) mass is 409 g/mol. The van der Waals surface area contributed by atoms with Crippen molar-refractivity contribution in [3.63, 3.8) is 0 Å². The third kappa shape index (κ3) is 3.69. The first-order valence-electron chi connectivity index (χ1n) is 8.51. The van der Waals surface area contributed by atoms with Crippen LogP contribution in [-0.4, -0.2) is 26.3 Å². The maximum absolute atomic E-state index is 12.6. The molecule has 0 aliphatic rings. The first-order chi connectivity index (χ1) is 13.5. The second-order valence-corrected chi connectivity index (χ2v) is 8.02. The molecular weight excluding hydrogens is 394 g/mol. The highest BCUT2D eigenvalue weighted by Gasteiger charge is 2.13. The molecule has 1 amide bonds. The summed E-state index contributed by atoms with van der Waals surface area (Å²) in [6.45, 7) is 0. The Labute approximate surface area is 169 Å². The summed E-state index contributed by atoms with van der Waals surface area (Å²) in [5, 5.41) is 3.11. The highest BCUT2D eigenvalue weighted by Crippen LogP contribution is 2.25. The molecule has 0 spiro atoms. The van der Waals surface area contributed by atoms with Crippen LogP contribution in [0.25, 0.3) is 22.4 Å². The minimum Gasteiger partial charge on any atom is -0.338 e. The highest BCUT2D eigenvalue weighted by molar-refractivity contribution is 7.84. The molecule has 3 aromatic carbocycles. The minimum absolute atomic E-state index is 0.263. The van der Waals surface area contributed by atoms with Crippen LogP contribution in [0.4, 0.5) is 5.69 Å². The zero-order valence-corrected chi connectivity index (χ0v) is 16.5. The average molecular weight is 410 g/mol. The molecule has 1 aromatic heterocycles. The van der Waals surface area contributed by atoms with E-state index in [-0.39, 0.29) is 10.9 Å². The summed E-state index contributed by atoms with van der Waals surface area (Å²) >= 11 is 6.20. The van der Waals surface area contributed by atoms with Gasteiger partial charge in [-0.15, -0.1) is 0 Å². The van der Waals surface area contributed by atoms with Crippen LogP contribution in [0.15, 0.2) is 71.6 Å². The Kier molecular flexibility index (Phi) is 4.98. The second kappa shape index (κ2) is 7.58. The summed E-state index contributed by atoms with van der Waals surface area (Å²) in [4.78, 5) is 21.0. The van der Waals surface area contributed by atoms with E-state index in [2.05, 4.69) is 15.3 Å². The molecule has 7 heteroatoms. The maximum atomic E-state index is 12.6. The van der Waals surface area contributed by atoms with Crippen LogP contribution >= 0.6 is 11.6 Å². The topological polar surface area (TPSA) is 74.8 Å². The van der Waals surface area contributed by atoms with Gasteiger partial charge in [0.25, 0.3) is 5.91 Å². The molecule has 4 aromatic rings. The number of imidazole rings is 1. The van der Waals surface area contributed by atoms with E-state index in [0.717, 1.165) is 22.4 Å². The van der Waals surface area contributed by atoms with Crippen molar-refractivity contribution in [2.24, 2.45) is 0 Å². The number of hydrogen-bond donors (Lipinski definition) is 2. The van der Waals surface area contributed by atoms with Gasteiger partial charge in [0.1, 0.15) is 5.82 Å². The molecule has 5 nitrogen and oxygen atoms in total. The van der Waals surface area contributed by atoms with Crippen LogP contribution in [0, 0.1) is 0 Å². The predicted molar refractivity (Wildman–Crippen MR) is 113 cm³/mol. The number of hydrogen-bond acceptors (Lipinski definition) is 3. The van der Waals surface area contributed by atoms with Gasteiger partial charge in [0.15, 0.2) is 0 Å². The van der Waals surface area contributed by atoms with Crippen LogP contribution in [0.3, 0.4) is 0 Å². The van der Waals surface area contributed by atoms with Gasteiger partial charge in [-0.1, -0.05) is 35.9 Å². The molecular formula is C21H16ClN3O2S. The Bertz CT molecular complexity index is 1190. The molecule has 1 unspecified atom stereocenters. The van der Waals surface area contributed by atoms with Crippen LogP contribution in [0.1, 0.15) is 10.4 Å².